The molecular weight excluding hydrogens is 227 g/mol. The fraction of sp³-hybridized carbons (Fsp3) is 1.00. The van der Waals surface area contributed by atoms with E-state index in [0.717, 1.165) is 54.9 Å². The minimum absolute atomic E-state index is 1.08. The third kappa shape index (κ3) is 23.5. The average molecular weight is 248 g/mol. The van der Waals surface area contributed by atoms with Gasteiger partial charge in [-0.1, -0.05) is 0 Å². The van der Waals surface area contributed by atoms with E-state index >= 15 is 0 Å². The molecule has 0 aliphatic carbocycles. The SMILES string of the molecule is CCCCC(CC)[CH2][K].O[Si](O)(O)O. The van der Waals surface area contributed by atoms with Crippen molar-refractivity contribution in [1.29, 1.82) is 0 Å². The zero-order chi connectivity index (χ0) is 11.6. The van der Waals surface area contributed by atoms with Gasteiger partial charge in [-0.05, 0) is 0 Å². The van der Waals surface area contributed by atoms with E-state index in [9.17, 15) is 0 Å². The molecule has 0 bridgehead atoms. The average Bonchev–Trinajstić information content (AvgIpc) is 2.04. The van der Waals surface area contributed by atoms with Crippen LogP contribution in [0, 0.1) is 5.92 Å². The van der Waals surface area contributed by atoms with Crippen molar-refractivity contribution in [3.05, 3.63) is 0 Å². The molecule has 82 valence electrons. The van der Waals surface area contributed by atoms with E-state index in [1.165, 1.54) is 25.7 Å². The van der Waals surface area contributed by atoms with Crippen LogP contribution in [-0.2, 0) is 0 Å². The fourth-order valence-corrected chi connectivity index (χ4v) is 2.73. The summed E-state index contributed by atoms with van der Waals surface area (Å²) in [5, 5.41) is 0. The molecule has 6 heteroatoms. The molecule has 0 aromatic heterocycles. The van der Waals surface area contributed by atoms with Gasteiger partial charge in [0.25, 0.3) is 0 Å². The van der Waals surface area contributed by atoms with Gasteiger partial charge in [-0.3, -0.25) is 0 Å². The van der Waals surface area contributed by atoms with Crippen LogP contribution in [0.4, 0.5) is 0 Å². The summed E-state index contributed by atoms with van der Waals surface area (Å²) in [5.41, 5.74) is 0. The van der Waals surface area contributed by atoms with Gasteiger partial charge in [0, 0.05) is 0 Å². The van der Waals surface area contributed by atoms with Crippen LogP contribution in [0.3, 0.4) is 0 Å². The second kappa shape index (κ2) is 11.2. The largest absolute Gasteiger partial charge is 0.668 e. The standard InChI is InChI=1S/C8H17.K.H4O4Si/c1-4-6-7-8(3)5-2;;1-5(2,3)4/h8H,3-7H2,1-2H3;;1-4H. The van der Waals surface area contributed by atoms with E-state index in [0.29, 0.717) is 0 Å². The first-order valence-electron chi connectivity index (χ1n) is 5.24. The van der Waals surface area contributed by atoms with Crippen molar-refractivity contribution in [3.63, 3.8) is 0 Å². The molecular formula is C8H21KO4Si. The molecule has 4 nitrogen and oxygen atoms in total. The first-order valence-corrected chi connectivity index (χ1v) is 9.24. The molecule has 0 radical (unpaired) electrons. The summed E-state index contributed by atoms with van der Waals surface area (Å²) in [7, 11) is -4.61. The quantitative estimate of drug-likeness (QED) is 0.523. The molecule has 0 saturated heterocycles. The molecule has 1 atom stereocenters. The van der Waals surface area contributed by atoms with Crippen molar-refractivity contribution in [2.24, 2.45) is 5.92 Å². The van der Waals surface area contributed by atoms with Gasteiger partial charge in [0.05, 0.1) is 0 Å². The van der Waals surface area contributed by atoms with E-state index in [1.807, 2.05) is 0 Å². The van der Waals surface area contributed by atoms with Crippen LogP contribution in [0.25, 0.3) is 0 Å². The van der Waals surface area contributed by atoms with E-state index in [2.05, 4.69) is 13.8 Å². The van der Waals surface area contributed by atoms with E-state index in [4.69, 9.17) is 19.2 Å². The van der Waals surface area contributed by atoms with E-state index in [1.54, 1.807) is 0.515 Å². The van der Waals surface area contributed by atoms with Gasteiger partial charge in [0.1, 0.15) is 0 Å². The smallest absolute Gasteiger partial charge is 0.368 e. The molecule has 14 heavy (non-hydrogen) atoms. The van der Waals surface area contributed by atoms with Crippen LogP contribution in [0.5, 0.6) is 0 Å². The second-order valence-corrected chi connectivity index (χ2v) is 5.90. The summed E-state index contributed by atoms with van der Waals surface area (Å²) < 4.78 is 1.56. The molecule has 0 saturated carbocycles. The maximum atomic E-state index is 7.33. The van der Waals surface area contributed by atoms with Crippen molar-refractivity contribution in [1.82, 2.24) is 0 Å². The van der Waals surface area contributed by atoms with Crippen LogP contribution in [0.2, 0.25) is 0.515 Å². The van der Waals surface area contributed by atoms with E-state index in [-0.39, 0.29) is 0 Å². The van der Waals surface area contributed by atoms with Crippen LogP contribution in [-0.4, -0.2) is 77.2 Å². The molecule has 1 unspecified atom stereocenters. The number of hydrogen-bond acceptors (Lipinski definition) is 4. The molecule has 0 amide bonds. The second-order valence-electron chi connectivity index (χ2n) is 3.42. The summed E-state index contributed by atoms with van der Waals surface area (Å²) in [5.74, 6) is 1.09. The van der Waals surface area contributed by atoms with Gasteiger partial charge in [0.15, 0.2) is 0 Å². The fourth-order valence-electron chi connectivity index (χ4n) is 1.19. The van der Waals surface area contributed by atoms with Gasteiger partial charge in [-0.2, -0.15) is 0 Å². The predicted octanol–water partition coefficient (Wildman–Crippen LogP) is 0.181. The topological polar surface area (TPSA) is 80.9 Å². The summed E-state index contributed by atoms with van der Waals surface area (Å²) >= 11 is 1.08. The summed E-state index contributed by atoms with van der Waals surface area (Å²) in [6.45, 7) is 4.61. The van der Waals surface area contributed by atoms with Crippen molar-refractivity contribution in [3.8, 4) is 0 Å². The number of hydrogen-bond donors (Lipinski definition) is 4. The Morgan fingerprint density at radius 3 is 1.79 bits per heavy atom. The maximum absolute atomic E-state index is 7.33. The Morgan fingerprint density at radius 2 is 1.57 bits per heavy atom. The van der Waals surface area contributed by atoms with Gasteiger partial charge in [0.2, 0.25) is 0 Å². The molecule has 0 aromatic rings. The third-order valence-corrected chi connectivity index (χ3v) is 3.92. The Kier molecular flexibility index (Phi) is 14.4. The van der Waals surface area contributed by atoms with Crippen molar-refractivity contribution in [2.45, 2.75) is 40.0 Å². The molecule has 0 spiro atoms. The summed E-state index contributed by atoms with van der Waals surface area (Å²) in [4.78, 5) is 29.3. The Bertz CT molecular complexity index is 108. The first kappa shape index (κ1) is 18.1. The molecule has 0 fully saturated rings. The van der Waals surface area contributed by atoms with Crippen LogP contribution >= 0.6 is 0 Å². The Hall–Kier alpha value is 1.69. The zero-order valence-electron chi connectivity index (χ0n) is 9.40. The Morgan fingerprint density at radius 1 is 1.14 bits per heavy atom. The van der Waals surface area contributed by atoms with Crippen LogP contribution in [0.15, 0.2) is 0 Å². The first-order chi connectivity index (χ1) is 6.35. The molecule has 4 N–H and O–H groups in total. The van der Waals surface area contributed by atoms with Gasteiger partial charge < -0.3 is 19.2 Å². The number of unbranched alkanes of at least 4 members (excludes halogenated alkanes) is 1. The molecule has 0 rings (SSSR count). The third-order valence-electron chi connectivity index (χ3n) is 2.12. The van der Waals surface area contributed by atoms with Gasteiger partial charge in [-0.25, -0.2) is 0 Å². The minimum Gasteiger partial charge on any atom is -0.368 e. The van der Waals surface area contributed by atoms with Gasteiger partial charge >= 0.3 is 104 Å². The van der Waals surface area contributed by atoms with Crippen molar-refractivity contribution < 1.29 is 19.2 Å². The molecule has 0 heterocycles. The normalized spacial score (nSPS) is 13.1. The summed E-state index contributed by atoms with van der Waals surface area (Å²) in [6, 6.07) is 0. The molecule has 0 aliphatic heterocycles. The Labute approximate surface area is 121 Å². The van der Waals surface area contributed by atoms with Crippen LogP contribution in [0.1, 0.15) is 39.5 Å². The van der Waals surface area contributed by atoms with Gasteiger partial charge in [-0.15, -0.1) is 0 Å². The zero-order valence-corrected chi connectivity index (χ0v) is 13.5. The molecule has 0 aliphatic rings. The van der Waals surface area contributed by atoms with Crippen molar-refractivity contribution >= 4 is 58.0 Å². The monoisotopic (exact) mass is 248 g/mol. The minimum atomic E-state index is -4.61. The van der Waals surface area contributed by atoms with Crippen molar-refractivity contribution in [2.75, 3.05) is 0 Å². The number of rotatable bonds is 5. The Balaban J connectivity index is 0. The summed E-state index contributed by atoms with van der Waals surface area (Å²) in [6.07, 6.45) is 5.74. The van der Waals surface area contributed by atoms with Crippen LogP contribution < -0.4 is 0 Å². The maximum Gasteiger partial charge on any atom is 0.668 e. The molecule has 0 aromatic carbocycles. The predicted molar refractivity (Wildman–Crippen MR) is 58.5 cm³/mol. The van der Waals surface area contributed by atoms with E-state index < -0.39 is 9.05 Å².